The highest BCUT2D eigenvalue weighted by atomic mass is 33.1. The molecule has 364 valence electrons. The molecule has 3 aromatic rings. The molecule has 0 radical (unpaired) electrons. The van der Waals surface area contributed by atoms with Gasteiger partial charge in [-0.2, -0.15) is 0 Å². The SMILES string of the molecule is CCOC(=O)NC1=C2C#C/C=C\C#C[C@H](OC3OC(C)C(SC)(C(=O)c4nccc5c4[nH]c4ccc(O)cc45)C(O)C3OC3CC(OC)C(NC(C)C)CO3)C2/C(=C\CS(C)(=S)=S)[C@@H](O)CC1=O. The number of amides is 1. The van der Waals surface area contributed by atoms with Crippen molar-refractivity contribution < 1.29 is 58.1 Å². The Morgan fingerprint density at radius 1 is 1.16 bits per heavy atom. The molecule has 7 rings (SSSR count). The normalized spacial score (nSPS) is 30.9. The van der Waals surface area contributed by atoms with Crippen LogP contribution in [0.4, 0.5) is 4.79 Å². The lowest BCUT2D eigenvalue weighted by Gasteiger charge is -2.51. The number of benzene rings is 1. The summed E-state index contributed by atoms with van der Waals surface area (Å²) in [6, 6.07) is 6.48. The third-order valence-corrected chi connectivity index (χ3v) is 15.3. The van der Waals surface area contributed by atoms with Gasteiger partial charge in [0, 0.05) is 59.8 Å². The van der Waals surface area contributed by atoms with Crippen LogP contribution in [-0.2, 0) is 62.7 Å². The van der Waals surface area contributed by atoms with E-state index in [-0.39, 0.29) is 71.9 Å². The molecule has 2 aliphatic carbocycles. The minimum absolute atomic E-state index is 0.00765. The maximum Gasteiger partial charge on any atom is 0.411 e. The van der Waals surface area contributed by atoms with Gasteiger partial charge in [-0.1, -0.05) is 50.8 Å². The highest BCUT2D eigenvalue weighted by molar-refractivity contribution is 8.56. The third kappa shape index (κ3) is 10.9. The number of aromatic hydroxyl groups is 1. The number of Topliss-reactive ketones (excluding diaryl/α,β-unsaturated/α-hetero) is 2. The second-order valence-corrected chi connectivity index (χ2v) is 25.5. The first-order valence-electron chi connectivity index (χ1n) is 22.1. The minimum Gasteiger partial charge on any atom is -0.508 e. The van der Waals surface area contributed by atoms with Crippen LogP contribution in [0.1, 0.15) is 51.0 Å². The van der Waals surface area contributed by atoms with Crippen molar-refractivity contribution in [3.8, 4) is 29.4 Å². The fourth-order valence-corrected chi connectivity index (χ4v) is 11.1. The van der Waals surface area contributed by atoms with Gasteiger partial charge in [-0.05, 0) is 90.7 Å². The van der Waals surface area contributed by atoms with Gasteiger partial charge in [0.05, 0.1) is 54.7 Å². The number of rotatable bonds is 14. The van der Waals surface area contributed by atoms with E-state index in [0.29, 0.717) is 21.8 Å². The van der Waals surface area contributed by atoms with Crippen molar-refractivity contribution in [2.45, 2.75) is 107 Å². The quantitative estimate of drug-likeness (QED) is 0.0767. The van der Waals surface area contributed by atoms with Gasteiger partial charge in [0.25, 0.3) is 0 Å². The number of alkyl carbamates (subject to hydrolysis) is 1. The first-order chi connectivity index (χ1) is 32.4. The van der Waals surface area contributed by atoms with Crippen LogP contribution in [0.2, 0.25) is 0 Å². The zero-order chi connectivity index (χ0) is 49.1. The number of phenolic OH excluding ortho intramolecular Hbond substituents is 1. The van der Waals surface area contributed by atoms with Crippen LogP contribution in [0.25, 0.3) is 21.8 Å². The Bertz CT molecular complexity index is 2770. The molecule has 68 heavy (non-hydrogen) atoms. The Labute approximate surface area is 409 Å². The number of nitrogens with one attached hydrogen (secondary N) is 3. The molecule has 2 aromatic heterocycles. The summed E-state index contributed by atoms with van der Waals surface area (Å²) in [7, 11) is -0.452. The molecule has 2 saturated heterocycles. The Morgan fingerprint density at radius 3 is 2.63 bits per heavy atom. The lowest BCUT2D eigenvalue weighted by molar-refractivity contribution is -0.326. The average Bonchev–Trinajstić information content (AvgIpc) is 3.66. The van der Waals surface area contributed by atoms with Gasteiger partial charge < -0.3 is 54.0 Å². The van der Waals surface area contributed by atoms with E-state index in [1.165, 1.54) is 24.4 Å². The molecule has 0 bridgehead atoms. The summed E-state index contributed by atoms with van der Waals surface area (Å²) in [4.78, 5) is 50.2. The highest BCUT2D eigenvalue weighted by Gasteiger charge is 2.61. The summed E-state index contributed by atoms with van der Waals surface area (Å²) in [5.41, 5.74) is 1.17. The van der Waals surface area contributed by atoms with Gasteiger partial charge in [-0.3, -0.25) is 19.9 Å². The van der Waals surface area contributed by atoms with E-state index < -0.39 is 85.0 Å². The number of aromatic amines is 1. The molecule has 16 nitrogen and oxygen atoms in total. The number of hydrogen-bond acceptors (Lipinski definition) is 17. The van der Waals surface area contributed by atoms with E-state index >= 15 is 4.79 Å². The van der Waals surface area contributed by atoms with E-state index in [4.69, 9.17) is 50.8 Å². The molecule has 6 N–H and O–H groups in total. The number of aliphatic hydroxyl groups excluding tert-OH is 2. The summed E-state index contributed by atoms with van der Waals surface area (Å²) in [5, 5.41) is 42.5. The second kappa shape index (κ2) is 21.8. The van der Waals surface area contributed by atoms with Crippen LogP contribution in [-0.4, -0.2) is 148 Å². The maximum absolute atomic E-state index is 15.4. The number of phenols is 1. The molecule has 2 fully saturated rings. The van der Waals surface area contributed by atoms with Crippen molar-refractivity contribution in [1.29, 1.82) is 0 Å². The molecule has 11 atom stereocenters. The van der Waals surface area contributed by atoms with Gasteiger partial charge in [-0.25, -0.2) is 4.79 Å². The third-order valence-electron chi connectivity index (χ3n) is 12.2. The average molecular weight is 1010 g/mol. The van der Waals surface area contributed by atoms with E-state index in [1.54, 1.807) is 57.7 Å². The Hall–Kier alpha value is -4.26. The van der Waals surface area contributed by atoms with Crippen LogP contribution in [0.3, 0.4) is 0 Å². The van der Waals surface area contributed by atoms with E-state index in [1.807, 2.05) is 13.8 Å². The maximum atomic E-state index is 15.4. The van der Waals surface area contributed by atoms with Crippen LogP contribution in [0.5, 0.6) is 5.75 Å². The predicted octanol–water partition coefficient (Wildman–Crippen LogP) is 3.87. The van der Waals surface area contributed by atoms with Crippen molar-refractivity contribution in [1.82, 2.24) is 20.6 Å². The van der Waals surface area contributed by atoms with Crippen molar-refractivity contribution in [2.24, 2.45) is 5.92 Å². The van der Waals surface area contributed by atoms with Crippen LogP contribution >= 0.6 is 11.8 Å². The summed E-state index contributed by atoms with van der Waals surface area (Å²) >= 11 is 12.3. The summed E-state index contributed by atoms with van der Waals surface area (Å²) in [5.74, 6) is 9.81. The number of nitrogens with zero attached hydrogens (tertiary/aromatic N) is 1. The molecule has 2 aliphatic heterocycles. The van der Waals surface area contributed by atoms with Crippen LogP contribution in [0, 0.1) is 29.6 Å². The fraction of sp³-hybridized carbons (Fsp3) is 0.500. The smallest absolute Gasteiger partial charge is 0.411 e. The number of carbonyl (C=O) groups is 3. The van der Waals surface area contributed by atoms with Crippen molar-refractivity contribution in [3.05, 3.63) is 71.2 Å². The fourth-order valence-electron chi connectivity index (χ4n) is 9.11. The van der Waals surface area contributed by atoms with Gasteiger partial charge in [0.1, 0.15) is 34.5 Å². The molecule has 0 saturated carbocycles. The molecule has 20 heteroatoms. The molecule has 0 spiro atoms. The first kappa shape index (κ1) is 51.6. The van der Waals surface area contributed by atoms with Gasteiger partial charge >= 0.3 is 6.09 Å². The lowest BCUT2D eigenvalue weighted by atomic mass is 9.82. The summed E-state index contributed by atoms with van der Waals surface area (Å²) in [6.45, 7) is 7.47. The van der Waals surface area contributed by atoms with Crippen LogP contribution < -0.4 is 10.6 Å². The largest absolute Gasteiger partial charge is 0.508 e. The second-order valence-electron chi connectivity index (χ2n) is 17.2. The zero-order valence-electron chi connectivity index (χ0n) is 38.6. The molecular weight excluding hydrogens is 953 g/mol. The van der Waals surface area contributed by atoms with Gasteiger partial charge in [-0.15, -0.1) is 11.8 Å². The molecule has 9 unspecified atom stereocenters. The summed E-state index contributed by atoms with van der Waals surface area (Å²) in [6.07, 6.45) is -1.57. The molecule has 4 heterocycles. The number of carbonyl (C=O) groups excluding carboxylic acids is 3. The zero-order valence-corrected chi connectivity index (χ0v) is 41.9. The first-order valence-corrected chi connectivity index (χ1v) is 27.4. The molecule has 4 aliphatic rings. The van der Waals surface area contributed by atoms with E-state index in [9.17, 15) is 24.9 Å². The van der Waals surface area contributed by atoms with Crippen LogP contribution in [0.15, 0.2) is 65.5 Å². The number of thioether (sulfide) groups is 1. The number of ketones is 2. The number of aliphatic hydroxyl groups is 2. The predicted molar refractivity (Wildman–Crippen MR) is 265 cm³/mol. The molecule has 1 aromatic carbocycles. The Morgan fingerprint density at radius 2 is 1.93 bits per heavy atom. The van der Waals surface area contributed by atoms with Crippen molar-refractivity contribution in [3.63, 3.8) is 0 Å². The number of hydrogen-bond donors (Lipinski definition) is 6. The van der Waals surface area contributed by atoms with Gasteiger partial charge in [0.2, 0.25) is 5.78 Å². The number of allylic oxidation sites excluding steroid dienone is 3. The number of H-pyrrole nitrogens is 1. The topological polar surface area (TPSA) is 220 Å². The molecular formula is C48H56N4O12S4. The number of ether oxygens (including phenoxy) is 6. The minimum atomic E-state index is -2.04. The standard InChI is InChI=1S/C48H56N4O12S4/c1-8-60-47(58)52-40-30-13-11-9-10-12-14-36(39(30)29(18-20-68(7,65)66)34(54)22-35(40)55)63-46-43(64-38-23-37(59-5)33(24-61-38)50-25(2)3)45(57)48(67-6,26(4)62-46)44(56)42-41-28(17-19-49-42)31-21-27(53)15-16-32(31)51-41/h9-10,15-19,21,25-26,33-34,36-39,43,45-46,50-51,53-54,57H,8,20,22-24H2,1-7H3,(H,52,58)/b10-9-,29-18-/t26?,33?,34-,36-,37?,38?,39?,43?,45?,46?,48?/m0/s1. The number of fused-ring (bicyclic) bond motifs is 4. The number of methoxy groups -OCH3 is 1. The number of pyridine rings is 1. The Balaban J connectivity index is 1.36. The Kier molecular flexibility index (Phi) is 16.5. The molecule has 1 amide bonds. The van der Waals surface area contributed by atoms with E-state index in [2.05, 4.69) is 44.3 Å². The summed E-state index contributed by atoms with van der Waals surface area (Å²) < 4.78 is 36.0. The van der Waals surface area contributed by atoms with Crippen molar-refractivity contribution in [2.75, 3.05) is 38.6 Å². The van der Waals surface area contributed by atoms with Gasteiger partial charge in [0.15, 0.2) is 18.4 Å². The van der Waals surface area contributed by atoms with E-state index in [0.717, 1.165) is 11.8 Å². The monoisotopic (exact) mass is 1010 g/mol. The highest BCUT2D eigenvalue weighted by Crippen LogP contribution is 2.46. The number of aromatic nitrogens is 2. The lowest BCUT2D eigenvalue weighted by Crippen LogP contribution is -2.69. The van der Waals surface area contributed by atoms with Crippen molar-refractivity contribution >= 4 is 80.8 Å².